The van der Waals surface area contributed by atoms with Crippen LogP contribution in [0.3, 0.4) is 0 Å². The van der Waals surface area contributed by atoms with Crippen molar-refractivity contribution in [2.75, 3.05) is 29.5 Å². The van der Waals surface area contributed by atoms with Crippen LogP contribution in [0.25, 0.3) is 10.4 Å². The summed E-state index contributed by atoms with van der Waals surface area (Å²) < 4.78 is 13.1. The first-order valence-corrected chi connectivity index (χ1v) is 11.3. The molecule has 0 bridgehead atoms. The molecule has 0 unspecified atom stereocenters. The zero-order valence-electron chi connectivity index (χ0n) is 18.5. The van der Waals surface area contributed by atoms with E-state index in [4.69, 9.17) is 10.6 Å². The second kappa shape index (κ2) is 12.7. The lowest BCUT2D eigenvalue weighted by molar-refractivity contribution is -0.133. The summed E-state index contributed by atoms with van der Waals surface area (Å²) in [5, 5.41) is 20.7. The van der Waals surface area contributed by atoms with Crippen LogP contribution in [0.5, 0.6) is 0 Å². The second-order valence-electron chi connectivity index (χ2n) is 6.98. The number of hydrogen-bond donors (Lipinski definition) is 4. The van der Waals surface area contributed by atoms with Crippen LogP contribution in [0, 0.1) is 5.82 Å². The van der Waals surface area contributed by atoms with Crippen LogP contribution in [0.2, 0.25) is 0 Å². The predicted molar refractivity (Wildman–Crippen MR) is 131 cm³/mol. The molecule has 36 heavy (non-hydrogen) atoms. The first-order valence-electron chi connectivity index (χ1n) is 10.3. The minimum Gasteiger partial charge on any atom is -0.481 e. The van der Waals surface area contributed by atoms with Gasteiger partial charge in [-0.15, -0.1) is 0 Å². The third-order valence-electron chi connectivity index (χ3n) is 4.43. The monoisotopic (exact) mass is 510 g/mol. The number of benzene rings is 2. The summed E-state index contributed by atoms with van der Waals surface area (Å²) in [7, 11) is 0. The highest BCUT2D eigenvalue weighted by atomic mass is 32.2. The van der Waals surface area contributed by atoms with E-state index in [9.17, 15) is 18.8 Å². The SMILES string of the molecule is [N-]=[N+]=Nc1ccc(C(=O)NCCNc2nc(SCC(=O)O)ncc2C(=O)Nc2ccc(F)cc2)cc1. The molecule has 14 heteroatoms. The van der Waals surface area contributed by atoms with Crippen molar-refractivity contribution >= 4 is 46.7 Å². The summed E-state index contributed by atoms with van der Waals surface area (Å²) in [6.07, 6.45) is 1.25. The van der Waals surface area contributed by atoms with Gasteiger partial charge in [-0.2, -0.15) is 0 Å². The molecule has 0 aliphatic heterocycles. The number of carbonyl (C=O) groups is 3. The Morgan fingerprint density at radius 1 is 1.06 bits per heavy atom. The average molecular weight is 511 g/mol. The number of carbonyl (C=O) groups excluding carboxylic acids is 2. The van der Waals surface area contributed by atoms with E-state index in [1.807, 2.05) is 0 Å². The summed E-state index contributed by atoms with van der Waals surface area (Å²) in [5.74, 6) is -2.57. The first kappa shape index (κ1) is 25.9. The molecule has 0 saturated carbocycles. The Balaban J connectivity index is 1.66. The second-order valence-corrected chi connectivity index (χ2v) is 7.92. The molecule has 0 spiro atoms. The van der Waals surface area contributed by atoms with Gasteiger partial charge < -0.3 is 21.1 Å². The van der Waals surface area contributed by atoms with Gasteiger partial charge in [-0.25, -0.2) is 14.4 Å². The fourth-order valence-electron chi connectivity index (χ4n) is 2.78. The third kappa shape index (κ3) is 7.68. The minimum atomic E-state index is -1.05. The molecular formula is C22H19FN8O4S. The molecule has 184 valence electrons. The van der Waals surface area contributed by atoms with E-state index in [2.05, 4.69) is 35.9 Å². The number of thioether (sulfide) groups is 1. The number of anilines is 2. The van der Waals surface area contributed by atoms with Crippen molar-refractivity contribution in [3.8, 4) is 0 Å². The maximum absolute atomic E-state index is 13.1. The number of hydrogen-bond acceptors (Lipinski definition) is 8. The van der Waals surface area contributed by atoms with E-state index in [-0.39, 0.29) is 41.3 Å². The van der Waals surface area contributed by atoms with E-state index >= 15 is 0 Å². The Kier molecular flexibility index (Phi) is 9.14. The summed E-state index contributed by atoms with van der Waals surface area (Å²) >= 11 is 0.880. The molecule has 0 atom stereocenters. The van der Waals surface area contributed by atoms with Crippen LogP contribution in [0.15, 0.2) is 65.0 Å². The number of azide groups is 1. The molecule has 1 aromatic heterocycles. The Morgan fingerprint density at radius 2 is 1.78 bits per heavy atom. The highest BCUT2D eigenvalue weighted by molar-refractivity contribution is 7.99. The third-order valence-corrected chi connectivity index (χ3v) is 5.28. The van der Waals surface area contributed by atoms with Crippen LogP contribution >= 0.6 is 11.8 Å². The van der Waals surface area contributed by atoms with Crippen LogP contribution < -0.4 is 16.0 Å². The Labute approximate surface area is 208 Å². The predicted octanol–water partition coefficient (Wildman–Crippen LogP) is 3.83. The molecule has 3 aromatic rings. The van der Waals surface area contributed by atoms with Gasteiger partial charge in [0.2, 0.25) is 0 Å². The molecule has 3 rings (SSSR count). The van der Waals surface area contributed by atoms with Gasteiger partial charge in [0.25, 0.3) is 11.8 Å². The van der Waals surface area contributed by atoms with E-state index in [0.29, 0.717) is 16.9 Å². The smallest absolute Gasteiger partial charge is 0.313 e. The van der Waals surface area contributed by atoms with Crippen molar-refractivity contribution in [3.05, 3.63) is 82.1 Å². The number of carboxylic acid groups (broad SMARTS) is 1. The van der Waals surface area contributed by atoms with Gasteiger partial charge in [-0.05, 0) is 41.9 Å². The highest BCUT2D eigenvalue weighted by Crippen LogP contribution is 2.20. The molecule has 4 N–H and O–H groups in total. The Bertz CT molecular complexity index is 1300. The lowest BCUT2D eigenvalue weighted by Crippen LogP contribution is -2.29. The largest absolute Gasteiger partial charge is 0.481 e. The number of aromatic nitrogens is 2. The van der Waals surface area contributed by atoms with Crippen molar-refractivity contribution in [2.24, 2.45) is 5.11 Å². The number of aliphatic carboxylic acids is 1. The fourth-order valence-corrected chi connectivity index (χ4v) is 3.32. The summed E-state index contributed by atoms with van der Waals surface area (Å²) in [6, 6.07) is 11.2. The van der Waals surface area contributed by atoms with Gasteiger partial charge >= 0.3 is 5.97 Å². The molecular weight excluding hydrogens is 491 g/mol. The Hall–Kier alpha value is -4.68. The van der Waals surface area contributed by atoms with Gasteiger partial charge in [0.1, 0.15) is 17.2 Å². The molecule has 12 nitrogen and oxygen atoms in total. The minimum absolute atomic E-state index is 0.0685. The quantitative estimate of drug-likeness (QED) is 0.0749. The highest BCUT2D eigenvalue weighted by Gasteiger charge is 2.16. The van der Waals surface area contributed by atoms with Gasteiger partial charge in [-0.3, -0.25) is 14.4 Å². The van der Waals surface area contributed by atoms with Crippen LogP contribution in [0.1, 0.15) is 20.7 Å². The topological polar surface area (TPSA) is 182 Å². The number of carboxylic acids is 1. The zero-order valence-corrected chi connectivity index (χ0v) is 19.3. The molecule has 0 fully saturated rings. The number of amides is 2. The van der Waals surface area contributed by atoms with Gasteiger partial charge in [0, 0.05) is 41.1 Å². The van der Waals surface area contributed by atoms with E-state index in [0.717, 1.165) is 11.8 Å². The van der Waals surface area contributed by atoms with Crippen molar-refractivity contribution in [2.45, 2.75) is 5.16 Å². The zero-order chi connectivity index (χ0) is 25.9. The number of halogens is 1. The Morgan fingerprint density at radius 3 is 2.44 bits per heavy atom. The number of rotatable bonds is 11. The lowest BCUT2D eigenvalue weighted by atomic mass is 10.2. The molecule has 0 aliphatic rings. The van der Waals surface area contributed by atoms with Gasteiger partial charge in [-0.1, -0.05) is 29.0 Å². The van der Waals surface area contributed by atoms with Crippen molar-refractivity contribution in [1.82, 2.24) is 15.3 Å². The van der Waals surface area contributed by atoms with Gasteiger partial charge in [0.05, 0.1) is 5.75 Å². The standard InChI is InChI=1S/C22H19FN8O4S/c23-14-3-7-15(8-4-14)28-21(35)17-11-27-22(36-12-18(32)33)29-19(17)25-9-10-26-20(34)13-1-5-16(6-2-13)30-31-24/h1-8,11H,9-10,12H2,(H,26,34)(H,28,35)(H,32,33)(H,25,27,29). The molecule has 0 aliphatic carbocycles. The molecule has 2 aromatic carbocycles. The van der Waals surface area contributed by atoms with Crippen LogP contribution in [-0.2, 0) is 4.79 Å². The van der Waals surface area contributed by atoms with Crippen LogP contribution in [-0.4, -0.2) is 51.7 Å². The maximum Gasteiger partial charge on any atom is 0.313 e. The number of nitrogens with zero attached hydrogens (tertiary/aromatic N) is 5. The van der Waals surface area contributed by atoms with E-state index in [1.165, 1.54) is 54.7 Å². The first-order chi connectivity index (χ1) is 17.4. The molecule has 2 amide bonds. The maximum atomic E-state index is 13.1. The van der Waals surface area contributed by atoms with Crippen LogP contribution in [0.4, 0.5) is 21.6 Å². The van der Waals surface area contributed by atoms with E-state index < -0.39 is 17.7 Å². The summed E-state index contributed by atoms with van der Waals surface area (Å²) in [5.41, 5.74) is 9.61. The summed E-state index contributed by atoms with van der Waals surface area (Å²) in [6.45, 7) is 0.344. The lowest BCUT2D eigenvalue weighted by Gasteiger charge is -2.13. The molecule has 0 saturated heterocycles. The van der Waals surface area contributed by atoms with Crippen molar-refractivity contribution in [3.63, 3.8) is 0 Å². The molecule has 0 radical (unpaired) electrons. The fraction of sp³-hybridized carbons (Fsp3) is 0.136. The van der Waals surface area contributed by atoms with Crippen molar-refractivity contribution < 1.29 is 23.9 Å². The molecule has 1 heterocycles. The summed E-state index contributed by atoms with van der Waals surface area (Å²) in [4.78, 5) is 46.9. The average Bonchev–Trinajstić information content (AvgIpc) is 2.87. The van der Waals surface area contributed by atoms with Crippen molar-refractivity contribution in [1.29, 1.82) is 0 Å². The number of nitrogens with one attached hydrogen (secondary N) is 3. The van der Waals surface area contributed by atoms with Gasteiger partial charge in [0.15, 0.2) is 5.16 Å². The normalized spacial score (nSPS) is 10.1. The van der Waals surface area contributed by atoms with E-state index in [1.54, 1.807) is 0 Å².